The van der Waals surface area contributed by atoms with Crippen molar-refractivity contribution in [2.24, 2.45) is 0 Å². The Kier molecular flexibility index (Phi) is 7.14. The Morgan fingerprint density at radius 1 is 0.364 bits per heavy atom. The quantitative estimate of drug-likeness (QED) is 0.162. The summed E-state index contributed by atoms with van der Waals surface area (Å²) in [6.45, 7) is 0. The molecule has 0 radical (unpaired) electrons. The monoisotopic (exact) mass is 704 g/mol. The summed E-state index contributed by atoms with van der Waals surface area (Å²) in [5.41, 5.74) is 11.8. The first-order valence-electron chi connectivity index (χ1n) is 18.5. The van der Waals surface area contributed by atoms with E-state index in [1.807, 2.05) is 42.5 Å². The smallest absolute Gasteiger partial charge is 0.227 e. The van der Waals surface area contributed by atoms with Crippen LogP contribution < -0.4 is 4.90 Å². The largest absolute Gasteiger partial charge is 0.456 e. The van der Waals surface area contributed by atoms with Crippen LogP contribution in [-0.2, 0) is 0 Å². The second kappa shape index (κ2) is 12.6. The van der Waals surface area contributed by atoms with Gasteiger partial charge in [0.05, 0.1) is 5.39 Å². The molecule has 0 bridgehead atoms. The van der Waals surface area contributed by atoms with Gasteiger partial charge in [-0.3, -0.25) is 0 Å². The van der Waals surface area contributed by atoms with Gasteiger partial charge in [0.2, 0.25) is 5.89 Å². The van der Waals surface area contributed by atoms with Crippen molar-refractivity contribution in [3.63, 3.8) is 0 Å². The lowest BCUT2D eigenvalue weighted by Crippen LogP contribution is -2.10. The van der Waals surface area contributed by atoms with Crippen LogP contribution in [-0.4, -0.2) is 4.98 Å². The van der Waals surface area contributed by atoms with Gasteiger partial charge in [-0.15, -0.1) is 0 Å². The summed E-state index contributed by atoms with van der Waals surface area (Å²) in [4.78, 5) is 7.26. The summed E-state index contributed by atoms with van der Waals surface area (Å²) in [5, 5.41) is 6.96. The zero-order valence-corrected chi connectivity index (χ0v) is 29.7. The number of oxazole rings is 1. The van der Waals surface area contributed by atoms with Gasteiger partial charge in [-0.05, 0) is 111 Å². The van der Waals surface area contributed by atoms with Crippen molar-refractivity contribution in [2.45, 2.75) is 0 Å². The molecule has 258 valence electrons. The fraction of sp³-hybridized carbons (Fsp3) is 0. The third-order valence-corrected chi connectivity index (χ3v) is 10.7. The zero-order valence-electron chi connectivity index (χ0n) is 29.7. The highest BCUT2D eigenvalue weighted by Crippen LogP contribution is 2.43. The predicted octanol–water partition coefficient (Wildman–Crippen LogP) is 14.5. The number of anilines is 3. The molecule has 0 saturated heterocycles. The molecule has 55 heavy (non-hydrogen) atoms. The lowest BCUT2D eigenvalue weighted by atomic mass is 9.93. The number of furan rings is 1. The third-order valence-electron chi connectivity index (χ3n) is 10.7. The zero-order chi connectivity index (χ0) is 36.3. The minimum Gasteiger partial charge on any atom is -0.456 e. The van der Waals surface area contributed by atoms with Gasteiger partial charge in [-0.25, -0.2) is 4.98 Å². The number of fused-ring (bicyclic) bond motifs is 8. The highest BCUT2D eigenvalue weighted by atomic mass is 16.4. The van der Waals surface area contributed by atoms with E-state index in [0.717, 1.165) is 61.2 Å². The topological polar surface area (TPSA) is 42.4 Å². The molecule has 0 aliphatic carbocycles. The molecular weight excluding hydrogens is 673 g/mol. The van der Waals surface area contributed by atoms with Crippen molar-refractivity contribution >= 4 is 71.6 Å². The molecule has 11 aromatic rings. The van der Waals surface area contributed by atoms with Crippen LogP contribution in [0.25, 0.3) is 88.3 Å². The molecule has 0 spiro atoms. The maximum atomic E-state index is 6.58. The number of hydrogen-bond donors (Lipinski definition) is 0. The molecule has 0 amide bonds. The molecule has 0 fully saturated rings. The van der Waals surface area contributed by atoms with Gasteiger partial charge in [0, 0.05) is 34.1 Å². The van der Waals surface area contributed by atoms with Gasteiger partial charge in [0.15, 0.2) is 5.58 Å². The van der Waals surface area contributed by atoms with Crippen LogP contribution >= 0.6 is 0 Å². The van der Waals surface area contributed by atoms with Crippen molar-refractivity contribution < 1.29 is 8.83 Å². The van der Waals surface area contributed by atoms with Crippen LogP contribution in [0.5, 0.6) is 0 Å². The maximum Gasteiger partial charge on any atom is 0.227 e. The Labute approximate surface area is 317 Å². The Hall–Kier alpha value is -7.43. The standard InChI is InChI=1S/C51H32N2O2/c1-3-12-33(13-4-1)36-17-11-18-39(30-36)53(38-24-22-34(23-25-38)45-31-37-16-7-8-19-41(37)42-20-9-10-21-43(42)45)40-26-27-44-48(32-40)54-46-28-29-47-50(49(44)46)52-51(55-47)35-14-5-2-6-15-35/h1-32H. The van der Waals surface area contributed by atoms with Gasteiger partial charge in [-0.2, -0.15) is 0 Å². The van der Waals surface area contributed by atoms with Crippen LogP contribution in [0.3, 0.4) is 0 Å². The normalized spacial score (nSPS) is 11.6. The highest BCUT2D eigenvalue weighted by Gasteiger charge is 2.20. The van der Waals surface area contributed by atoms with E-state index in [2.05, 4.69) is 157 Å². The first-order valence-corrected chi connectivity index (χ1v) is 18.5. The van der Waals surface area contributed by atoms with Crippen molar-refractivity contribution in [2.75, 3.05) is 4.90 Å². The van der Waals surface area contributed by atoms with Crippen LogP contribution in [0.1, 0.15) is 0 Å². The van der Waals surface area contributed by atoms with E-state index in [9.17, 15) is 0 Å². The van der Waals surface area contributed by atoms with E-state index in [-0.39, 0.29) is 0 Å². The predicted molar refractivity (Wildman–Crippen MR) is 227 cm³/mol. The summed E-state index contributed by atoms with van der Waals surface area (Å²) in [5.74, 6) is 0.596. The number of rotatable bonds is 6. The third kappa shape index (κ3) is 5.26. The van der Waals surface area contributed by atoms with Gasteiger partial charge < -0.3 is 13.7 Å². The second-order valence-electron chi connectivity index (χ2n) is 13.9. The Morgan fingerprint density at radius 2 is 1.02 bits per heavy atom. The lowest BCUT2D eigenvalue weighted by molar-refractivity contribution is 0.619. The van der Waals surface area contributed by atoms with Gasteiger partial charge >= 0.3 is 0 Å². The van der Waals surface area contributed by atoms with E-state index < -0.39 is 0 Å². The molecule has 2 aromatic heterocycles. The molecule has 9 aromatic carbocycles. The molecular formula is C51H32N2O2. The number of benzene rings is 9. The average molecular weight is 705 g/mol. The first-order chi connectivity index (χ1) is 27.2. The summed E-state index contributed by atoms with van der Waals surface area (Å²) in [7, 11) is 0. The molecule has 11 rings (SSSR count). The average Bonchev–Trinajstić information content (AvgIpc) is 3.86. The molecule has 4 heteroatoms. The molecule has 0 aliphatic heterocycles. The molecule has 0 atom stereocenters. The van der Waals surface area contributed by atoms with Crippen LogP contribution in [0.4, 0.5) is 17.1 Å². The SMILES string of the molecule is c1ccc(-c2cccc(N(c3ccc(-c4cc5ccccc5c5ccccc45)cc3)c3ccc4c(c3)oc3ccc5oc(-c6ccccc6)nc5c34)c2)cc1. The summed E-state index contributed by atoms with van der Waals surface area (Å²) >= 11 is 0. The molecule has 0 saturated carbocycles. The van der Waals surface area contributed by atoms with Gasteiger partial charge in [0.1, 0.15) is 16.7 Å². The summed E-state index contributed by atoms with van der Waals surface area (Å²) < 4.78 is 12.8. The minimum atomic E-state index is 0.596. The number of nitrogens with zero attached hydrogens (tertiary/aromatic N) is 2. The Morgan fingerprint density at radius 3 is 1.84 bits per heavy atom. The molecule has 0 N–H and O–H groups in total. The molecule has 0 aliphatic rings. The van der Waals surface area contributed by atoms with E-state index in [4.69, 9.17) is 13.8 Å². The second-order valence-corrected chi connectivity index (χ2v) is 13.9. The van der Waals surface area contributed by atoms with Crippen molar-refractivity contribution in [3.8, 4) is 33.7 Å². The van der Waals surface area contributed by atoms with E-state index in [1.165, 1.54) is 38.2 Å². The summed E-state index contributed by atoms with van der Waals surface area (Å²) in [6, 6.07) is 68.2. The van der Waals surface area contributed by atoms with E-state index in [1.54, 1.807) is 0 Å². The number of aromatic nitrogens is 1. The van der Waals surface area contributed by atoms with Crippen LogP contribution in [0.15, 0.2) is 203 Å². The van der Waals surface area contributed by atoms with Crippen molar-refractivity contribution in [1.29, 1.82) is 0 Å². The Bertz CT molecular complexity index is 3200. The summed E-state index contributed by atoms with van der Waals surface area (Å²) in [6.07, 6.45) is 0. The fourth-order valence-corrected chi connectivity index (χ4v) is 8.07. The molecule has 4 nitrogen and oxygen atoms in total. The first kappa shape index (κ1) is 31.1. The molecule has 2 heterocycles. The van der Waals surface area contributed by atoms with Crippen LogP contribution in [0.2, 0.25) is 0 Å². The van der Waals surface area contributed by atoms with Crippen molar-refractivity contribution in [3.05, 3.63) is 194 Å². The van der Waals surface area contributed by atoms with Gasteiger partial charge in [0.25, 0.3) is 0 Å². The fourth-order valence-electron chi connectivity index (χ4n) is 8.07. The minimum absolute atomic E-state index is 0.596. The Balaban J connectivity index is 1.06. The van der Waals surface area contributed by atoms with Gasteiger partial charge in [-0.1, -0.05) is 121 Å². The van der Waals surface area contributed by atoms with E-state index in [0.29, 0.717) is 5.89 Å². The highest BCUT2D eigenvalue weighted by molar-refractivity contribution is 6.17. The van der Waals surface area contributed by atoms with Crippen LogP contribution in [0, 0.1) is 0 Å². The molecule has 0 unspecified atom stereocenters. The number of hydrogen-bond acceptors (Lipinski definition) is 4. The van der Waals surface area contributed by atoms with E-state index >= 15 is 0 Å². The maximum absolute atomic E-state index is 6.58. The van der Waals surface area contributed by atoms with Crippen molar-refractivity contribution in [1.82, 2.24) is 4.98 Å². The lowest BCUT2D eigenvalue weighted by Gasteiger charge is -2.26.